The molecule has 1 aliphatic rings. The highest BCUT2D eigenvalue weighted by Gasteiger charge is 2.16. The topological polar surface area (TPSA) is 41.6 Å². The van der Waals surface area contributed by atoms with E-state index in [0.29, 0.717) is 10.8 Å². The molecule has 1 amide bonds. The molecule has 1 saturated heterocycles. The number of nitrogens with zero attached hydrogens (tertiary/aromatic N) is 1. The van der Waals surface area contributed by atoms with Crippen molar-refractivity contribution in [2.24, 2.45) is 0 Å². The Morgan fingerprint density at radius 1 is 1.17 bits per heavy atom. The summed E-state index contributed by atoms with van der Waals surface area (Å²) in [5.74, 6) is 0.387. The van der Waals surface area contributed by atoms with E-state index in [0.717, 1.165) is 18.8 Å². The third-order valence-corrected chi connectivity index (χ3v) is 4.32. The van der Waals surface area contributed by atoms with E-state index in [1.807, 2.05) is 24.3 Å². The second-order valence-electron chi connectivity index (χ2n) is 5.95. The van der Waals surface area contributed by atoms with Crippen molar-refractivity contribution in [2.45, 2.75) is 25.9 Å². The zero-order valence-corrected chi connectivity index (χ0v) is 14.4. The standard InChI is InChI=1S/C19H21ClN2O2/c1-14(24-18-6-4-5-15(20)13-18)19(23)21-16-7-9-17(10-8-16)22-11-2-3-12-22/h4-10,13-14H,2-3,11-12H2,1H3,(H,21,23)/t14-/m1/s1. The van der Waals surface area contributed by atoms with E-state index in [2.05, 4.69) is 10.2 Å². The van der Waals surface area contributed by atoms with E-state index in [-0.39, 0.29) is 5.91 Å². The summed E-state index contributed by atoms with van der Waals surface area (Å²) >= 11 is 5.92. The van der Waals surface area contributed by atoms with Crippen LogP contribution in [0.3, 0.4) is 0 Å². The van der Waals surface area contributed by atoms with Crippen LogP contribution in [-0.4, -0.2) is 25.1 Å². The summed E-state index contributed by atoms with van der Waals surface area (Å²) in [6, 6.07) is 15.0. The van der Waals surface area contributed by atoms with E-state index in [9.17, 15) is 4.79 Å². The first-order valence-electron chi connectivity index (χ1n) is 8.20. The summed E-state index contributed by atoms with van der Waals surface area (Å²) in [6.45, 7) is 3.93. The van der Waals surface area contributed by atoms with Crippen molar-refractivity contribution < 1.29 is 9.53 Å². The predicted molar refractivity (Wildman–Crippen MR) is 98.1 cm³/mol. The van der Waals surface area contributed by atoms with E-state index < -0.39 is 6.10 Å². The third-order valence-electron chi connectivity index (χ3n) is 4.08. The van der Waals surface area contributed by atoms with Crippen LogP contribution in [-0.2, 0) is 4.79 Å². The lowest BCUT2D eigenvalue weighted by molar-refractivity contribution is -0.122. The Bertz CT molecular complexity index is 697. The Morgan fingerprint density at radius 2 is 1.88 bits per heavy atom. The predicted octanol–water partition coefficient (Wildman–Crippen LogP) is 4.35. The number of amides is 1. The lowest BCUT2D eigenvalue weighted by atomic mass is 10.2. The number of benzene rings is 2. The Hall–Kier alpha value is -2.20. The fraction of sp³-hybridized carbons (Fsp3) is 0.316. The number of carbonyl (C=O) groups is 1. The van der Waals surface area contributed by atoms with Crippen LogP contribution in [0, 0.1) is 0 Å². The Labute approximate surface area is 147 Å². The second-order valence-corrected chi connectivity index (χ2v) is 6.38. The molecule has 1 aliphatic heterocycles. The van der Waals surface area contributed by atoms with E-state index >= 15 is 0 Å². The first kappa shape index (κ1) is 16.7. The van der Waals surface area contributed by atoms with Gasteiger partial charge >= 0.3 is 0 Å². The summed E-state index contributed by atoms with van der Waals surface area (Å²) in [5.41, 5.74) is 1.97. The van der Waals surface area contributed by atoms with Crippen LogP contribution in [0.25, 0.3) is 0 Å². The molecule has 0 aliphatic carbocycles. The van der Waals surface area contributed by atoms with Crippen molar-refractivity contribution in [2.75, 3.05) is 23.3 Å². The number of anilines is 2. The monoisotopic (exact) mass is 344 g/mol. The van der Waals surface area contributed by atoms with Gasteiger partial charge in [-0.3, -0.25) is 4.79 Å². The number of nitrogens with one attached hydrogen (secondary N) is 1. The molecule has 1 heterocycles. The van der Waals surface area contributed by atoms with Gasteiger partial charge in [0.25, 0.3) is 5.91 Å². The van der Waals surface area contributed by atoms with Crippen molar-refractivity contribution in [1.29, 1.82) is 0 Å². The highest BCUT2D eigenvalue weighted by atomic mass is 35.5. The van der Waals surface area contributed by atoms with Crippen LogP contribution in [0.1, 0.15) is 19.8 Å². The molecule has 0 bridgehead atoms. The maximum Gasteiger partial charge on any atom is 0.265 e. The van der Waals surface area contributed by atoms with Crippen LogP contribution in [0.2, 0.25) is 5.02 Å². The molecule has 0 saturated carbocycles. The van der Waals surface area contributed by atoms with E-state index in [4.69, 9.17) is 16.3 Å². The molecule has 3 rings (SSSR count). The summed E-state index contributed by atoms with van der Waals surface area (Å²) in [7, 11) is 0. The molecule has 5 heteroatoms. The van der Waals surface area contributed by atoms with Crippen molar-refractivity contribution in [3.05, 3.63) is 53.6 Å². The van der Waals surface area contributed by atoms with Gasteiger partial charge < -0.3 is 15.0 Å². The second kappa shape index (κ2) is 7.58. The quantitative estimate of drug-likeness (QED) is 0.876. The van der Waals surface area contributed by atoms with Gasteiger partial charge in [-0.2, -0.15) is 0 Å². The lowest BCUT2D eigenvalue weighted by Crippen LogP contribution is -2.30. The van der Waals surface area contributed by atoms with Crippen LogP contribution >= 0.6 is 11.6 Å². The van der Waals surface area contributed by atoms with Gasteiger partial charge in [-0.1, -0.05) is 17.7 Å². The molecular formula is C19H21ClN2O2. The van der Waals surface area contributed by atoms with Crippen LogP contribution in [0.15, 0.2) is 48.5 Å². The molecule has 24 heavy (non-hydrogen) atoms. The third kappa shape index (κ3) is 4.20. The highest BCUT2D eigenvalue weighted by Crippen LogP contribution is 2.22. The number of halogens is 1. The summed E-state index contributed by atoms with van der Waals surface area (Å²) in [6.07, 6.45) is 1.88. The van der Waals surface area contributed by atoms with Gasteiger partial charge in [0.15, 0.2) is 6.10 Å². The smallest absolute Gasteiger partial charge is 0.265 e. The van der Waals surface area contributed by atoms with Crippen molar-refractivity contribution in [3.63, 3.8) is 0 Å². The molecule has 0 unspecified atom stereocenters. The maximum atomic E-state index is 12.3. The largest absolute Gasteiger partial charge is 0.481 e. The molecule has 0 radical (unpaired) electrons. The Morgan fingerprint density at radius 3 is 2.54 bits per heavy atom. The minimum absolute atomic E-state index is 0.191. The fourth-order valence-corrected chi connectivity index (χ4v) is 2.95. The molecular weight excluding hydrogens is 324 g/mol. The molecule has 2 aromatic carbocycles. The molecule has 4 nitrogen and oxygen atoms in total. The highest BCUT2D eigenvalue weighted by molar-refractivity contribution is 6.30. The zero-order valence-electron chi connectivity index (χ0n) is 13.7. The Balaban J connectivity index is 1.57. The van der Waals surface area contributed by atoms with Crippen molar-refractivity contribution in [1.82, 2.24) is 0 Å². The molecule has 1 atom stereocenters. The van der Waals surface area contributed by atoms with Crippen LogP contribution in [0.5, 0.6) is 5.75 Å². The lowest BCUT2D eigenvalue weighted by Gasteiger charge is -2.18. The zero-order chi connectivity index (χ0) is 16.9. The van der Waals surface area contributed by atoms with Gasteiger partial charge in [0.1, 0.15) is 5.75 Å². The van der Waals surface area contributed by atoms with Gasteiger partial charge in [0.2, 0.25) is 0 Å². The number of hydrogen-bond donors (Lipinski definition) is 1. The summed E-state index contributed by atoms with van der Waals surface area (Å²) in [5, 5.41) is 3.46. The Kier molecular flexibility index (Phi) is 5.26. The average molecular weight is 345 g/mol. The molecule has 2 aromatic rings. The number of ether oxygens (including phenoxy) is 1. The fourth-order valence-electron chi connectivity index (χ4n) is 2.77. The minimum atomic E-state index is -0.610. The summed E-state index contributed by atoms with van der Waals surface area (Å²) in [4.78, 5) is 14.6. The molecule has 1 fully saturated rings. The number of hydrogen-bond acceptors (Lipinski definition) is 3. The van der Waals surface area contributed by atoms with Crippen molar-refractivity contribution >= 4 is 28.9 Å². The minimum Gasteiger partial charge on any atom is -0.481 e. The van der Waals surface area contributed by atoms with E-state index in [1.165, 1.54) is 18.5 Å². The van der Waals surface area contributed by atoms with Crippen molar-refractivity contribution in [3.8, 4) is 5.75 Å². The summed E-state index contributed by atoms with van der Waals surface area (Å²) < 4.78 is 5.63. The van der Waals surface area contributed by atoms with Gasteiger partial charge in [-0.25, -0.2) is 0 Å². The SMILES string of the molecule is C[C@@H](Oc1cccc(Cl)c1)C(=O)Nc1ccc(N2CCCC2)cc1. The molecule has 126 valence electrons. The van der Waals surface area contributed by atoms with Gasteiger partial charge in [-0.15, -0.1) is 0 Å². The van der Waals surface area contributed by atoms with Gasteiger partial charge in [0, 0.05) is 29.5 Å². The van der Waals surface area contributed by atoms with Crippen LogP contribution in [0.4, 0.5) is 11.4 Å². The van der Waals surface area contributed by atoms with Crippen LogP contribution < -0.4 is 15.0 Å². The maximum absolute atomic E-state index is 12.3. The molecule has 0 spiro atoms. The first-order chi connectivity index (χ1) is 11.6. The van der Waals surface area contributed by atoms with E-state index in [1.54, 1.807) is 31.2 Å². The normalized spacial score (nSPS) is 15.2. The number of carbonyl (C=O) groups excluding carboxylic acids is 1. The van der Waals surface area contributed by atoms with Gasteiger partial charge in [0.05, 0.1) is 0 Å². The first-order valence-corrected chi connectivity index (χ1v) is 8.58. The molecule has 1 N–H and O–H groups in total. The van der Waals surface area contributed by atoms with Gasteiger partial charge in [-0.05, 0) is 62.2 Å². The average Bonchev–Trinajstić information content (AvgIpc) is 3.10. The molecule has 0 aromatic heterocycles. The number of rotatable bonds is 5.